The number of nitrogens with one attached hydrogen (secondary N) is 1. The van der Waals surface area contributed by atoms with Crippen molar-refractivity contribution in [3.05, 3.63) is 0 Å². The smallest absolute Gasteiger partial charge is 0.0434 e. The van der Waals surface area contributed by atoms with E-state index in [4.69, 9.17) is 5.11 Å². The Balaban J connectivity index is 1.75. The van der Waals surface area contributed by atoms with Gasteiger partial charge >= 0.3 is 0 Å². The molecule has 2 fully saturated rings. The number of piperidine rings is 1. The lowest BCUT2D eigenvalue weighted by Gasteiger charge is -2.39. The van der Waals surface area contributed by atoms with Gasteiger partial charge in [0, 0.05) is 25.7 Å². The van der Waals surface area contributed by atoms with E-state index in [0.29, 0.717) is 18.6 Å². The summed E-state index contributed by atoms with van der Waals surface area (Å²) in [5.41, 5.74) is 0. The van der Waals surface area contributed by atoms with Crippen molar-refractivity contribution in [1.82, 2.24) is 10.2 Å². The second-order valence-electron chi connectivity index (χ2n) is 6.28. The molecule has 0 aromatic rings. The van der Waals surface area contributed by atoms with Crippen molar-refractivity contribution in [1.29, 1.82) is 0 Å². The van der Waals surface area contributed by atoms with Crippen LogP contribution in [0.5, 0.6) is 0 Å². The van der Waals surface area contributed by atoms with Crippen LogP contribution in [0.4, 0.5) is 0 Å². The second kappa shape index (κ2) is 7.46. The molecule has 106 valence electrons. The highest BCUT2D eigenvalue weighted by Crippen LogP contribution is 2.26. The SMILES string of the molecule is CCCN1CC(CCO)CC(NCC2CCC2)C1. The van der Waals surface area contributed by atoms with Gasteiger partial charge in [-0.2, -0.15) is 0 Å². The minimum absolute atomic E-state index is 0.347. The molecular formula is C15H30N2O. The summed E-state index contributed by atoms with van der Waals surface area (Å²) >= 11 is 0. The number of hydrogen-bond acceptors (Lipinski definition) is 3. The number of nitrogens with zero attached hydrogens (tertiary/aromatic N) is 1. The molecule has 0 spiro atoms. The van der Waals surface area contributed by atoms with Crippen molar-refractivity contribution in [2.24, 2.45) is 11.8 Å². The average Bonchev–Trinajstić information content (AvgIpc) is 2.27. The molecule has 0 amide bonds. The van der Waals surface area contributed by atoms with Gasteiger partial charge in [-0.1, -0.05) is 13.3 Å². The first-order valence-electron chi connectivity index (χ1n) is 7.88. The van der Waals surface area contributed by atoms with E-state index in [0.717, 1.165) is 12.3 Å². The monoisotopic (exact) mass is 254 g/mol. The molecular weight excluding hydrogens is 224 g/mol. The third kappa shape index (κ3) is 4.22. The summed E-state index contributed by atoms with van der Waals surface area (Å²) in [4.78, 5) is 2.59. The number of hydrogen-bond donors (Lipinski definition) is 2. The first-order valence-corrected chi connectivity index (χ1v) is 7.88. The maximum Gasteiger partial charge on any atom is 0.0434 e. The lowest BCUT2D eigenvalue weighted by atomic mass is 9.84. The van der Waals surface area contributed by atoms with Crippen LogP contribution in [0.2, 0.25) is 0 Å². The van der Waals surface area contributed by atoms with Gasteiger partial charge in [-0.3, -0.25) is 0 Å². The van der Waals surface area contributed by atoms with Crippen LogP contribution in [0.3, 0.4) is 0 Å². The predicted octanol–water partition coefficient (Wildman–Crippen LogP) is 1.86. The molecule has 1 saturated heterocycles. The van der Waals surface area contributed by atoms with Crippen LogP contribution in [0, 0.1) is 11.8 Å². The van der Waals surface area contributed by atoms with Gasteiger partial charge in [0.15, 0.2) is 0 Å². The Morgan fingerprint density at radius 1 is 1.22 bits per heavy atom. The summed E-state index contributed by atoms with van der Waals surface area (Å²) < 4.78 is 0. The molecule has 2 rings (SSSR count). The van der Waals surface area contributed by atoms with Crippen LogP contribution < -0.4 is 5.32 Å². The van der Waals surface area contributed by atoms with Gasteiger partial charge in [-0.15, -0.1) is 0 Å². The largest absolute Gasteiger partial charge is 0.396 e. The second-order valence-corrected chi connectivity index (χ2v) is 6.28. The van der Waals surface area contributed by atoms with Crippen molar-refractivity contribution < 1.29 is 5.11 Å². The van der Waals surface area contributed by atoms with E-state index < -0.39 is 0 Å². The predicted molar refractivity (Wildman–Crippen MR) is 75.7 cm³/mol. The van der Waals surface area contributed by atoms with Crippen LogP contribution in [-0.4, -0.2) is 48.8 Å². The highest BCUT2D eigenvalue weighted by Gasteiger charge is 2.27. The van der Waals surface area contributed by atoms with Gasteiger partial charge < -0.3 is 15.3 Å². The van der Waals surface area contributed by atoms with Gasteiger partial charge in [-0.05, 0) is 57.0 Å². The van der Waals surface area contributed by atoms with Gasteiger partial charge in [0.05, 0.1) is 0 Å². The standard InChI is InChI=1S/C15H30N2O/c1-2-7-17-11-14(6-8-18)9-15(12-17)16-10-13-4-3-5-13/h13-16,18H,2-12H2,1H3. The number of likely N-dealkylation sites (tertiary alicyclic amines) is 1. The van der Waals surface area contributed by atoms with Gasteiger partial charge in [0.25, 0.3) is 0 Å². The quantitative estimate of drug-likeness (QED) is 0.728. The fourth-order valence-corrected chi connectivity index (χ4v) is 3.37. The first kappa shape index (κ1) is 14.3. The van der Waals surface area contributed by atoms with E-state index in [1.165, 1.54) is 58.3 Å². The Kier molecular flexibility index (Phi) is 5.93. The van der Waals surface area contributed by atoms with Crippen LogP contribution >= 0.6 is 0 Å². The van der Waals surface area contributed by atoms with E-state index in [1.54, 1.807) is 0 Å². The minimum Gasteiger partial charge on any atom is -0.396 e. The summed E-state index contributed by atoms with van der Waals surface area (Å²) in [6, 6.07) is 0.655. The van der Waals surface area contributed by atoms with E-state index in [1.807, 2.05) is 0 Å². The molecule has 0 aromatic heterocycles. The van der Waals surface area contributed by atoms with Crippen molar-refractivity contribution in [3.63, 3.8) is 0 Å². The molecule has 3 heteroatoms. The van der Waals surface area contributed by atoms with E-state index >= 15 is 0 Å². The van der Waals surface area contributed by atoms with E-state index in [2.05, 4.69) is 17.1 Å². The highest BCUT2D eigenvalue weighted by atomic mass is 16.3. The van der Waals surface area contributed by atoms with Crippen molar-refractivity contribution in [2.75, 3.05) is 32.8 Å². The zero-order valence-corrected chi connectivity index (χ0v) is 11.9. The maximum absolute atomic E-state index is 9.15. The van der Waals surface area contributed by atoms with Crippen LogP contribution in [0.25, 0.3) is 0 Å². The fourth-order valence-electron chi connectivity index (χ4n) is 3.37. The number of aliphatic hydroxyl groups is 1. The van der Waals surface area contributed by atoms with Crippen LogP contribution in [0.1, 0.15) is 45.4 Å². The topological polar surface area (TPSA) is 35.5 Å². The Morgan fingerprint density at radius 3 is 2.67 bits per heavy atom. The summed E-state index contributed by atoms with van der Waals surface area (Å²) in [6.07, 6.45) is 7.76. The number of rotatable bonds is 7. The van der Waals surface area contributed by atoms with Crippen molar-refractivity contribution in [3.8, 4) is 0 Å². The van der Waals surface area contributed by atoms with Crippen molar-refractivity contribution >= 4 is 0 Å². The summed E-state index contributed by atoms with van der Waals surface area (Å²) in [5, 5.41) is 12.9. The molecule has 2 atom stereocenters. The normalized spacial score (nSPS) is 30.3. The molecule has 0 bridgehead atoms. The maximum atomic E-state index is 9.15. The first-order chi connectivity index (χ1) is 8.81. The Labute approximate surface area is 112 Å². The molecule has 18 heavy (non-hydrogen) atoms. The third-order valence-electron chi connectivity index (χ3n) is 4.61. The zero-order valence-electron chi connectivity index (χ0n) is 11.9. The molecule has 2 aliphatic rings. The van der Waals surface area contributed by atoms with Gasteiger partial charge in [-0.25, -0.2) is 0 Å². The van der Waals surface area contributed by atoms with E-state index in [-0.39, 0.29) is 0 Å². The van der Waals surface area contributed by atoms with Crippen LogP contribution in [0.15, 0.2) is 0 Å². The lowest BCUT2D eigenvalue weighted by Crippen LogP contribution is -2.50. The van der Waals surface area contributed by atoms with Crippen LogP contribution in [-0.2, 0) is 0 Å². The Bertz CT molecular complexity index is 217. The molecule has 1 saturated carbocycles. The number of aliphatic hydroxyl groups excluding tert-OH is 1. The Hall–Kier alpha value is -0.120. The molecule has 0 aromatic carbocycles. The average molecular weight is 254 g/mol. The van der Waals surface area contributed by atoms with E-state index in [9.17, 15) is 0 Å². The molecule has 1 heterocycles. The molecule has 2 N–H and O–H groups in total. The van der Waals surface area contributed by atoms with Crippen molar-refractivity contribution in [2.45, 2.75) is 51.5 Å². The minimum atomic E-state index is 0.347. The highest BCUT2D eigenvalue weighted by molar-refractivity contribution is 4.84. The molecule has 0 radical (unpaired) electrons. The summed E-state index contributed by atoms with van der Waals surface area (Å²) in [7, 11) is 0. The zero-order chi connectivity index (χ0) is 12.8. The lowest BCUT2D eigenvalue weighted by molar-refractivity contribution is 0.116. The third-order valence-corrected chi connectivity index (χ3v) is 4.61. The molecule has 3 nitrogen and oxygen atoms in total. The van der Waals surface area contributed by atoms with Gasteiger partial charge in [0.2, 0.25) is 0 Å². The molecule has 2 unspecified atom stereocenters. The Morgan fingerprint density at radius 2 is 2.06 bits per heavy atom. The summed E-state index contributed by atoms with van der Waals surface area (Å²) in [6.45, 7) is 7.44. The summed E-state index contributed by atoms with van der Waals surface area (Å²) in [5.74, 6) is 1.64. The molecule has 1 aliphatic carbocycles. The fraction of sp³-hybridized carbons (Fsp3) is 1.00. The van der Waals surface area contributed by atoms with Gasteiger partial charge in [0.1, 0.15) is 0 Å². The molecule has 1 aliphatic heterocycles.